The first-order valence-electron chi connectivity index (χ1n) is 35.3. The summed E-state index contributed by atoms with van der Waals surface area (Å²) in [5.41, 5.74) is 31.7. The number of anilines is 6. The summed E-state index contributed by atoms with van der Waals surface area (Å²) < 4.78 is 4.89. The van der Waals surface area contributed by atoms with Crippen molar-refractivity contribution in [2.75, 3.05) is 9.80 Å². The first-order valence-corrected chi connectivity index (χ1v) is 35.3. The predicted octanol–water partition coefficient (Wildman–Crippen LogP) is 25.1. The van der Waals surface area contributed by atoms with Crippen LogP contribution in [0.15, 0.2) is 376 Å². The van der Waals surface area contributed by atoms with Crippen LogP contribution in [0.1, 0.15) is 0 Å². The van der Waals surface area contributed by atoms with Gasteiger partial charge in [-0.15, -0.1) is 0 Å². The van der Waals surface area contributed by atoms with Gasteiger partial charge in [0.25, 0.3) is 0 Å². The van der Waals surface area contributed by atoms with Gasteiger partial charge in [0, 0.05) is 100 Å². The Hall–Kier alpha value is -14.1. The van der Waals surface area contributed by atoms with Crippen LogP contribution in [0.5, 0.6) is 0 Å². The largest absolute Gasteiger partial charge is 0.309 e. The molecular weight excluding hydrogens is 1270 g/mol. The Bertz CT molecular complexity index is 6320. The van der Waals surface area contributed by atoms with E-state index in [1.165, 1.54) is 33.0 Å². The second-order valence-electron chi connectivity index (χ2n) is 26.5. The van der Waals surface area contributed by atoms with E-state index in [1.807, 2.05) is 24.3 Å². The van der Waals surface area contributed by atoms with Crippen LogP contribution < -0.4 is 9.80 Å². The molecule has 0 aliphatic carbocycles. The van der Waals surface area contributed by atoms with Crippen LogP contribution in [0.25, 0.3) is 157 Å². The highest BCUT2D eigenvalue weighted by Gasteiger charge is 2.34. The third kappa shape index (κ3) is 10.1. The normalized spacial score (nSPS) is 12.0. The fourth-order valence-electron chi connectivity index (χ4n) is 15.7. The van der Waals surface area contributed by atoms with E-state index in [1.54, 1.807) is 0 Å². The van der Waals surface area contributed by atoms with Crippen LogP contribution in [0.4, 0.5) is 34.1 Å². The van der Waals surface area contributed by atoms with Gasteiger partial charge in [-0.2, -0.15) is 0 Å². The van der Waals surface area contributed by atoms with Gasteiger partial charge in [-0.3, -0.25) is 0 Å². The van der Waals surface area contributed by atoms with Crippen molar-refractivity contribution in [1.82, 2.24) is 29.1 Å². The molecule has 0 atom stereocenters. The number of rotatable bonds is 11. The molecule has 0 radical (unpaired) electrons. The summed E-state index contributed by atoms with van der Waals surface area (Å²) >= 11 is 0. The molecule has 0 bridgehead atoms. The van der Waals surface area contributed by atoms with Crippen molar-refractivity contribution in [3.63, 3.8) is 0 Å². The highest BCUT2D eigenvalue weighted by atomic mass is 15.2. The minimum atomic E-state index is 0.648. The van der Waals surface area contributed by atoms with Crippen LogP contribution in [0.2, 0.25) is 0 Å². The fraction of sp³-hybridized carbons (Fsp3) is 0. The molecule has 104 heavy (non-hydrogen) atoms. The van der Waals surface area contributed by atoms with Crippen molar-refractivity contribution in [1.29, 1.82) is 0 Å². The summed E-state index contributed by atoms with van der Waals surface area (Å²) in [6, 6.07) is 134. The molecule has 8 heteroatoms. The number of para-hydroxylation sites is 8. The fourth-order valence-corrected chi connectivity index (χ4v) is 15.7. The van der Waals surface area contributed by atoms with Gasteiger partial charge in [0.1, 0.15) is 0 Å². The molecule has 18 aromatic rings. The zero-order valence-electron chi connectivity index (χ0n) is 56.4. The standard InChI is InChI=1S/C96H62N8/c1-5-26-65(27-6-1)81-61-82(99-96(97-81)69-56-58-73(59-57-69)103-87-44-21-15-38-77(87)91-75-36-13-19-42-85(75)101(71-31-9-3-10-32-71)89-46-23-17-40-79(89)93(91)103)66-52-48-63(49-53-66)64-50-54-67(55-51-64)83-62-84(100-95(98-83)68-28-7-2-8-29-68)70-30-25-35-74(60-70)104-88-45-22-16-39-78(88)92-76-37-14-20-43-86(76)102(72-33-11-4-12-34-72)90-47-24-18-41-80(90)94(92)104/h1-62H. The lowest BCUT2D eigenvalue weighted by molar-refractivity contribution is 1.13. The van der Waals surface area contributed by atoms with Crippen molar-refractivity contribution < 1.29 is 0 Å². The maximum absolute atomic E-state index is 5.36. The van der Waals surface area contributed by atoms with Crippen LogP contribution in [-0.2, 0) is 0 Å². The molecule has 14 aromatic carbocycles. The summed E-state index contributed by atoms with van der Waals surface area (Å²) in [5.74, 6) is 1.30. The van der Waals surface area contributed by atoms with Crippen LogP contribution >= 0.6 is 0 Å². The number of nitrogens with zero attached hydrogens (tertiary/aromatic N) is 8. The van der Waals surface area contributed by atoms with Crippen molar-refractivity contribution in [2.24, 2.45) is 0 Å². The van der Waals surface area contributed by atoms with Crippen molar-refractivity contribution in [3.8, 4) is 135 Å². The minimum Gasteiger partial charge on any atom is -0.309 e. The Morgan fingerprint density at radius 2 is 0.500 bits per heavy atom. The van der Waals surface area contributed by atoms with Gasteiger partial charge < -0.3 is 18.9 Å². The molecule has 8 nitrogen and oxygen atoms in total. The maximum Gasteiger partial charge on any atom is 0.160 e. The predicted molar refractivity (Wildman–Crippen MR) is 428 cm³/mol. The molecule has 486 valence electrons. The smallest absolute Gasteiger partial charge is 0.160 e. The average molecular weight is 1330 g/mol. The van der Waals surface area contributed by atoms with Gasteiger partial charge in [0.15, 0.2) is 11.6 Å². The van der Waals surface area contributed by atoms with E-state index in [0.29, 0.717) is 11.6 Å². The lowest BCUT2D eigenvalue weighted by Crippen LogP contribution is -2.11. The summed E-state index contributed by atoms with van der Waals surface area (Å²) in [6.07, 6.45) is 0. The Morgan fingerprint density at radius 1 is 0.192 bits per heavy atom. The Balaban J connectivity index is 0.635. The molecule has 0 unspecified atom stereocenters. The summed E-state index contributed by atoms with van der Waals surface area (Å²) in [7, 11) is 0. The molecule has 0 amide bonds. The topological polar surface area (TPSA) is 67.9 Å². The van der Waals surface area contributed by atoms with Crippen molar-refractivity contribution >= 4 is 55.9 Å². The quantitative estimate of drug-likeness (QED) is 0.129. The molecule has 0 spiro atoms. The number of aromatic nitrogens is 6. The second-order valence-corrected chi connectivity index (χ2v) is 26.5. The minimum absolute atomic E-state index is 0.648. The van der Waals surface area contributed by atoms with E-state index in [2.05, 4.69) is 371 Å². The van der Waals surface area contributed by atoms with Crippen LogP contribution in [-0.4, -0.2) is 29.1 Å². The van der Waals surface area contributed by atoms with Gasteiger partial charge >= 0.3 is 0 Å². The van der Waals surface area contributed by atoms with Gasteiger partial charge in [0.2, 0.25) is 0 Å². The summed E-state index contributed by atoms with van der Waals surface area (Å²) in [6.45, 7) is 0. The third-order valence-electron chi connectivity index (χ3n) is 20.4. The lowest BCUT2D eigenvalue weighted by Gasteiger charge is -2.27. The molecule has 0 fully saturated rings. The number of hydrogen-bond donors (Lipinski definition) is 0. The van der Waals surface area contributed by atoms with E-state index in [-0.39, 0.29) is 0 Å². The van der Waals surface area contributed by atoms with Gasteiger partial charge in [-0.05, 0) is 120 Å². The molecule has 2 aliphatic rings. The van der Waals surface area contributed by atoms with Crippen LogP contribution in [0.3, 0.4) is 0 Å². The number of hydrogen-bond acceptors (Lipinski definition) is 6. The average Bonchev–Trinajstić information content (AvgIpc) is 1.55. The van der Waals surface area contributed by atoms with E-state index in [4.69, 9.17) is 19.9 Å². The zero-order chi connectivity index (χ0) is 68.6. The Labute approximate surface area is 602 Å². The van der Waals surface area contributed by atoms with Crippen molar-refractivity contribution in [2.45, 2.75) is 0 Å². The van der Waals surface area contributed by atoms with Crippen molar-refractivity contribution in [3.05, 3.63) is 376 Å². The molecule has 4 aromatic heterocycles. The Kier molecular flexibility index (Phi) is 14.4. The molecule has 6 heterocycles. The van der Waals surface area contributed by atoms with Crippen LogP contribution in [0, 0.1) is 0 Å². The van der Waals surface area contributed by atoms with Gasteiger partial charge in [-0.1, -0.05) is 267 Å². The lowest BCUT2D eigenvalue weighted by atomic mass is 9.98. The molecule has 0 saturated carbocycles. The molecule has 0 saturated heterocycles. The maximum atomic E-state index is 5.36. The summed E-state index contributed by atoms with van der Waals surface area (Å²) in [4.78, 5) is 26.1. The highest BCUT2D eigenvalue weighted by molar-refractivity contribution is 6.15. The van der Waals surface area contributed by atoms with E-state index >= 15 is 0 Å². The molecule has 0 N–H and O–H groups in total. The van der Waals surface area contributed by atoms with Gasteiger partial charge in [0.05, 0.1) is 67.9 Å². The highest BCUT2D eigenvalue weighted by Crippen LogP contribution is 2.57. The first-order chi connectivity index (χ1) is 51.6. The van der Waals surface area contributed by atoms with E-state index in [0.717, 1.165) is 146 Å². The zero-order valence-corrected chi connectivity index (χ0v) is 56.4. The third-order valence-corrected chi connectivity index (χ3v) is 20.4. The monoisotopic (exact) mass is 1330 g/mol. The number of benzene rings is 14. The van der Waals surface area contributed by atoms with E-state index < -0.39 is 0 Å². The second kappa shape index (κ2) is 25.0. The molecular formula is C96H62N8. The SMILES string of the molecule is c1ccc(-c2cc(-c3ccc(-c4ccc(-c5cc(-c6cccc(-n7c8c(c9ccccc97)-c7ccccc7N(c7ccccc7)c7ccccc7-8)c6)nc(-c6ccccc6)n5)cc4)cc3)nc(-c3ccc(-n4c5c(c6ccccc64)-c4ccccc4N(c4ccccc4)c4ccccc4-5)cc3)n2)cc1. The Morgan fingerprint density at radius 3 is 0.962 bits per heavy atom. The number of fused-ring (bicyclic) bond motifs is 14. The van der Waals surface area contributed by atoms with E-state index in [9.17, 15) is 0 Å². The van der Waals surface area contributed by atoms with Gasteiger partial charge in [-0.25, -0.2) is 19.9 Å². The molecule has 2 aliphatic heterocycles. The molecule has 20 rings (SSSR count). The summed E-state index contributed by atoms with van der Waals surface area (Å²) in [5, 5.41) is 2.37. The first kappa shape index (κ1) is 59.9.